The topological polar surface area (TPSA) is 58.6 Å². The summed E-state index contributed by atoms with van der Waals surface area (Å²) in [5.41, 5.74) is 0. The summed E-state index contributed by atoms with van der Waals surface area (Å²) < 4.78 is 4.68. The van der Waals surface area contributed by atoms with Gasteiger partial charge in [0.2, 0.25) is 0 Å². The highest BCUT2D eigenvalue weighted by molar-refractivity contribution is 5.69. The molecule has 0 amide bonds. The van der Waals surface area contributed by atoms with Crippen molar-refractivity contribution in [3.8, 4) is 0 Å². The first kappa shape index (κ1) is 10.4. The molecule has 0 heterocycles. The Balaban J connectivity index is 3.04. The van der Waals surface area contributed by atoms with Crippen molar-refractivity contribution in [2.45, 2.75) is 13.3 Å². The molecule has 0 aromatic heterocycles. The summed E-state index contributed by atoms with van der Waals surface area (Å²) in [6.07, 6.45) is 0.369. The van der Waals surface area contributed by atoms with Crippen molar-refractivity contribution in [2.24, 2.45) is 0 Å². The Morgan fingerprint density at radius 3 is 2.82 bits per heavy atom. The number of esters is 1. The molecule has 0 aliphatic rings. The molecule has 0 aliphatic carbocycles. The highest BCUT2D eigenvalue weighted by Crippen LogP contribution is 1.83. The van der Waals surface area contributed by atoms with Crippen LogP contribution in [0, 0.1) is 0 Å². The maximum atomic E-state index is 10.7. The average Bonchev–Trinajstić information content (AvgIpc) is 1.99. The van der Waals surface area contributed by atoms with Crippen LogP contribution in [0.5, 0.6) is 0 Å². The molecule has 0 radical (unpaired) electrons. The highest BCUT2D eigenvalue weighted by atomic mass is 16.5. The van der Waals surface area contributed by atoms with Crippen LogP contribution in [0.2, 0.25) is 0 Å². The Hall–Kier alpha value is -0.610. The van der Waals surface area contributed by atoms with Crippen molar-refractivity contribution in [1.29, 1.82) is 0 Å². The van der Waals surface area contributed by atoms with E-state index in [9.17, 15) is 4.79 Å². The second kappa shape index (κ2) is 7.50. The van der Waals surface area contributed by atoms with Gasteiger partial charge in [-0.25, -0.2) is 0 Å². The Bertz CT molecular complexity index is 106. The molecule has 0 saturated heterocycles. The zero-order valence-electron chi connectivity index (χ0n) is 6.80. The highest BCUT2D eigenvalue weighted by Gasteiger charge is 1.98. The summed E-state index contributed by atoms with van der Waals surface area (Å²) in [5.74, 6) is -0.196. The molecule has 2 N–H and O–H groups in total. The molecule has 11 heavy (non-hydrogen) atoms. The van der Waals surface area contributed by atoms with Gasteiger partial charge in [0.1, 0.15) is 0 Å². The SMILES string of the molecule is CCOC(=O)CCNCCO. The number of carbonyl (C=O) groups excluding carboxylic acids is 1. The van der Waals surface area contributed by atoms with Gasteiger partial charge in [0.25, 0.3) is 0 Å². The minimum Gasteiger partial charge on any atom is -0.466 e. The van der Waals surface area contributed by atoms with Crippen LogP contribution >= 0.6 is 0 Å². The molecule has 0 rings (SSSR count). The van der Waals surface area contributed by atoms with Gasteiger partial charge in [0.15, 0.2) is 0 Å². The fourth-order valence-corrected chi connectivity index (χ4v) is 0.628. The monoisotopic (exact) mass is 161 g/mol. The summed E-state index contributed by atoms with van der Waals surface area (Å²) in [4.78, 5) is 10.7. The van der Waals surface area contributed by atoms with E-state index in [4.69, 9.17) is 5.11 Å². The van der Waals surface area contributed by atoms with E-state index in [0.717, 1.165) is 0 Å². The van der Waals surface area contributed by atoms with E-state index in [1.54, 1.807) is 6.92 Å². The minimum atomic E-state index is -0.196. The Kier molecular flexibility index (Phi) is 7.08. The number of hydrogen-bond acceptors (Lipinski definition) is 4. The zero-order valence-corrected chi connectivity index (χ0v) is 6.80. The van der Waals surface area contributed by atoms with E-state index in [1.807, 2.05) is 0 Å². The van der Waals surface area contributed by atoms with Crippen LogP contribution in [0.25, 0.3) is 0 Å². The van der Waals surface area contributed by atoms with Gasteiger partial charge >= 0.3 is 5.97 Å². The molecule has 0 bridgehead atoms. The lowest BCUT2D eigenvalue weighted by atomic mass is 10.4. The first-order chi connectivity index (χ1) is 5.31. The number of carbonyl (C=O) groups is 1. The van der Waals surface area contributed by atoms with Crippen molar-refractivity contribution in [1.82, 2.24) is 5.32 Å². The fourth-order valence-electron chi connectivity index (χ4n) is 0.628. The Labute approximate surface area is 66.5 Å². The number of nitrogens with one attached hydrogen (secondary N) is 1. The predicted molar refractivity (Wildman–Crippen MR) is 41.2 cm³/mol. The second-order valence-corrected chi connectivity index (χ2v) is 2.03. The van der Waals surface area contributed by atoms with E-state index < -0.39 is 0 Å². The number of rotatable bonds is 6. The molecular weight excluding hydrogens is 146 g/mol. The van der Waals surface area contributed by atoms with Crippen LogP contribution in [0.3, 0.4) is 0 Å². The lowest BCUT2D eigenvalue weighted by molar-refractivity contribution is -0.142. The molecule has 4 heteroatoms. The normalized spacial score (nSPS) is 9.64. The molecule has 66 valence electrons. The van der Waals surface area contributed by atoms with E-state index in [2.05, 4.69) is 10.1 Å². The standard InChI is InChI=1S/C7H15NO3/c1-2-11-7(10)3-4-8-5-6-9/h8-9H,2-6H2,1H3. The van der Waals surface area contributed by atoms with Crippen LogP contribution < -0.4 is 5.32 Å². The summed E-state index contributed by atoms with van der Waals surface area (Å²) >= 11 is 0. The molecule has 0 atom stereocenters. The third-order valence-electron chi connectivity index (χ3n) is 1.10. The van der Waals surface area contributed by atoms with Gasteiger partial charge in [-0.2, -0.15) is 0 Å². The van der Waals surface area contributed by atoms with Gasteiger partial charge in [-0.05, 0) is 6.92 Å². The van der Waals surface area contributed by atoms with Gasteiger partial charge in [0, 0.05) is 13.1 Å². The number of aliphatic hydroxyl groups excluding tert-OH is 1. The predicted octanol–water partition coefficient (Wildman–Crippen LogP) is -0.479. The van der Waals surface area contributed by atoms with E-state index in [1.165, 1.54) is 0 Å². The van der Waals surface area contributed by atoms with Crippen LogP contribution in [-0.2, 0) is 9.53 Å². The number of aliphatic hydroxyl groups is 1. The Morgan fingerprint density at radius 2 is 2.27 bits per heavy atom. The molecule has 0 aromatic carbocycles. The van der Waals surface area contributed by atoms with Gasteiger partial charge in [0.05, 0.1) is 19.6 Å². The summed E-state index contributed by atoms with van der Waals surface area (Å²) in [6, 6.07) is 0. The zero-order chi connectivity index (χ0) is 8.53. The van der Waals surface area contributed by atoms with Crippen molar-refractivity contribution in [2.75, 3.05) is 26.3 Å². The summed E-state index contributed by atoms with van der Waals surface area (Å²) in [7, 11) is 0. The van der Waals surface area contributed by atoms with E-state index in [0.29, 0.717) is 26.1 Å². The molecule has 0 aliphatic heterocycles. The van der Waals surface area contributed by atoms with Crippen molar-refractivity contribution in [3.05, 3.63) is 0 Å². The third-order valence-corrected chi connectivity index (χ3v) is 1.10. The molecule has 4 nitrogen and oxygen atoms in total. The second-order valence-electron chi connectivity index (χ2n) is 2.03. The van der Waals surface area contributed by atoms with Crippen LogP contribution in [0.4, 0.5) is 0 Å². The van der Waals surface area contributed by atoms with Gasteiger partial charge in [-0.3, -0.25) is 4.79 Å². The molecule has 0 unspecified atom stereocenters. The van der Waals surface area contributed by atoms with Crippen LogP contribution in [0.15, 0.2) is 0 Å². The lowest BCUT2D eigenvalue weighted by Crippen LogP contribution is -2.22. The van der Waals surface area contributed by atoms with E-state index in [-0.39, 0.29) is 12.6 Å². The molecule has 0 fully saturated rings. The number of ether oxygens (including phenoxy) is 1. The van der Waals surface area contributed by atoms with Crippen molar-refractivity contribution >= 4 is 5.97 Å². The van der Waals surface area contributed by atoms with Gasteiger partial charge < -0.3 is 15.2 Å². The maximum Gasteiger partial charge on any atom is 0.307 e. The van der Waals surface area contributed by atoms with Crippen LogP contribution in [0.1, 0.15) is 13.3 Å². The molecule has 0 spiro atoms. The van der Waals surface area contributed by atoms with E-state index >= 15 is 0 Å². The first-order valence-electron chi connectivity index (χ1n) is 3.78. The quantitative estimate of drug-likeness (QED) is 0.408. The van der Waals surface area contributed by atoms with Gasteiger partial charge in [-0.15, -0.1) is 0 Å². The van der Waals surface area contributed by atoms with Gasteiger partial charge in [-0.1, -0.05) is 0 Å². The average molecular weight is 161 g/mol. The molecule has 0 aromatic rings. The first-order valence-corrected chi connectivity index (χ1v) is 3.78. The Morgan fingerprint density at radius 1 is 1.55 bits per heavy atom. The largest absolute Gasteiger partial charge is 0.466 e. The fraction of sp³-hybridized carbons (Fsp3) is 0.857. The van der Waals surface area contributed by atoms with Crippen molar-refractivity contribution < 1.29 is 14.6 Å². The van der Waals surface area contributed by atoms with Crippen LogP contribution in [-0.4, -0.2) is 37.4 Å². The summed E-state index contributed by atoms with van der Waals surface area (Å²) in [5, 5.41) is 11.2. The smallest absolute Gasteiger partial charge is 0.307 e. The summed E-state index contributed by atoms with van der Waals surface area (Å²) in [6.45, 7) is 3.40. The lowest BCUT2D eigenvalue weighted by Gasteiger charge is -2.01. The molecular formula is C7H15NO3. The third kappa shape index (κ3) is 7.29. The molecule has 0 saturated carbocycles. The maximum absolute atomic E-state index is 10.7. The minimum absolute atomic E-state index is 0.100. The number of hydrogen-bond donors (Lipinski definition) is 2. The van der Waals surface area contributed by atoms with Crippen molar-refractivity contribution in [3.63, 3.8) is 0 Å².